The van der Waals surface area contributed by atoms with E-state index in [4.69, 9.17) is 13.9 Å². The molecule has 0 spiro atoms. The minimum absolute atomic E-state index is 0.106. The van der Waals surface area contributed by atoms with E-state index in [1.807, 2.05) is 81.4 Å². The lowest BCUT2D eigenvalue weighted by molar-refractivity contribution is 0.0714. The van der Waals surface area contributed by atoms with Crippen molar-refractivity contribution in [3.8, 4) is 11.5 Å². The van der Waals surface area contributed by atoms with Gasteiger partial charge in [0.15, 0.2) is 5.43 Å². The summed E-state index contributed by atoms with van der Waals surface area (Å²) in [6.07, 6.45) is 0. The van der Waals surface area contributed by atoms with Crippen molar-refractivity contribution in [2.45, 2.75) is 33.4 Å². The number of methoxy groups -OCH3 is 1. The Bertz CT molecular complexity index is 1490. The summed E-state index contributed by atoms with van der Waals surface area (Å²) in [5.41, 5.74) is 4.17. The number of fused-ring (bicyclic) bond motifs is 2. The molecule has 1 aromatic heterocycles. The zero-order chi connectivity index (χ0) is 24.7. The maximum Gasteiger partial charge on any atom is 0.291 e. The molecule has 6 nitrogen and oxygen atoms in total. The third-order valence-electron chi connectivity index (χ3n) is 6.39. The molecule has 1 aliphatic heterocycles. The summed E-state index contributed by atoms with van der Waals surface area (Å²) < 4.78 is 17.2. The van der Waals surface area contributed by atoms with Gasteiger partial charge in [-0.25, -0.2) is 0 Å². The van der Waals surface area contributed by atoms with Crippen molar-refractivity contribution in [3.63, 3.8) is 0 Å². The lowest BCUT2D eigenvalue weighted by atomic mass is 9.97. The van der Waals surface area contributed by atoms with E-state index in [-0.39, 0.29) is 17.1 Å². The molecule has 0 bridgehead atoms. The number of rotatable bonds is 6. The average Bonchev–Trinajstić information content (AvgIpc) is 3.12. The molecule has 4 aromatic rings. The van der Waals surface area contributed by atoms with Crippen LogP contribution in [-0.2, 0) is 6.54 Å². The van der Waals surface area contributed by atoms with Gasteiger partial charge in [-0.3, -0.25) is 9.59 Å². The van der Waals surface area contributed by atoms with Crippen LogP contribution in [0.25, 0.3) is 11.0 Å². The van der Waals surface area contributed by atoms with Crippen LogP contribution in [-0.4, -0.2) is 24.5 Å². The summed E-state index contributed by atoms with van der Waals surface area (Å²) in [6, 6.07) is 18.3. The Hall–Kier alpha value is -4.06. The Morgan fingerprint density at radius 3 is 2.46 bits per heavy atom. The maximum absolute atomic E-state index is 13.9. The number of benzene rings is 3. The van der Waals surface area contributed by atoms with E-state index in [0.29, 0.717) is 35.4 Å². The van der Waals surface area contributed by atoms with Gasteiger partial charge in [-0.15, -0.1) is 0 Å². The number of carbonyl (C=O) groups is 1. The second-order valence-electron chi connectivity index (χ2n) is 8.82. The van der Waals surface area contributed by atoms with E-state index in [2.05, 4.69) is 0 Å². The molecule has 35 heavy (non-hydrogen) atoms. The fourth-order valence-electron chi connectivity index (χ4n) is 4.85. The van der Waals surface area contributed by atoms with Crippen LogP contribution < -0.4 is 14.9 Å². The van der Waals surface area contributed by atoms with Gasteiger partial charge in [0.25, 0.3) is 5.91 Å². The number of amides is 1. The van der Waals surface area contributed by atoms with Gasteiger partial charge in [0.05, 0.1) is 30.7 Å². The summed E-state index contributed by atoms with van der Waals surface area (Å²) in [5.74, 6) is 1.23. The SMILES string of the molecule is CCOc1cccc(C2c3c(oc4c(C)cc(C)cc4c3=O)C(=O)N2Cc2ccc(OC)cc2)c1. The normalized spacial score (nSPS) is 14.9. The molecule has 1 amide bonds. The molecule has 0 aliphatic carbocycles. The molecule has 178 valence electrons. The van der Waals surface area contributed by atoms with Crippen molar-refractivity contribution in [2.75, 3.05) is 13.7 Å². The molecule has 5 rings (SSSR count). The number of carbonyl (C=O) groups excluding carboxylic acids is 1. The zero-order valence-electron chi connectivity index (χ0n) is 20.3. The maximum atomic E-state index is 13.9. The van der Waals surface area contributed by atoms with Crippen molar-refractivity contribution in [3.05, 3.63) is 104 Å². The topological polar surface area (TPSA) is 69.0 Å². The van der Waals surface area contributed by atoms with Gasteiger partial charge in [-0.1, -0.05) is 30.3 Å². The quantitative estimate of drug-likeness (QED) is 0.370. The number of hydrogen-bond acceptors (Lipinski definition) is 5. The first-order chi connectivity index (χ1) is 16.9. The van der Waals surface area contributed by atoms with Crippen molar-refractivity contribution < 1.29 is 18.7 Å². The molecule has 0 saturated carbocycles. The molecule has 1 atom stereocenters. The first-order valence-corrected chi connectivity index (χ1v) is 11.7. The summed E-state index contributed by atoms with van der Waals surface area (Å²) >= 11 is 0. The van der Waals surface area contributed by atoms with E-state index >= 15 is 0 Å². The first-order valence-electron chi connectivity index (χ1n) is 11.7. The van der Waals surface area contributed by atoms with E-state index < -0.39 is 6.04 Å². The van der Waals surface area contributed by atoms with Gasteiger partial charge in [0, 0.05) is 6.54 Å². The van der Waals surface area contributed by atoms with E-state index in [9.17, 15) is 9.59 Å². The van der Waals surface area contributed by atoms with Crippen LogP contribution in [0.5, 0.6) is 11.5 Å². The van der Waals surface area contributed by atoms with E-state index in [1.165, 1.54) is 0 Å². The van der Waals surface area contributed by atoms with E-state index in [0.717, 1.165) is 28.0 Å². The predicted octanol–water partition coefficient (Wildman–Crippen LogP) is 5.56. The third-order valence-corrected chi connectivity index (χ3v) is 6.39. The molecule has 0 N–H and O–H groups in total. The molecule has 0 saturated heterocycles. The standard InChI is InChI=1S/C29H27NO5/c1-5-34-22-8-6-7-20(15-22)25-24-26(31)23-14-17(2)13-18(3)27(23)35-28(24)29(32)30(25)16-19-9-11-21(33-4)12-10-19/h6-15,25H,5,16H2,1-4H3. The van der Waals surface area contributed by atoms with Crippen LogP contribution in [0.15, 0.2) is 69.9 Å². The lowest BCUT2D eigenvalue weighted by Gasteiger charge is -2.25. The highest BCUT2D eigenvalue weighted by atomic mass is 16.5. The highest BCUT2D eigenvalue weighted by Gasteiger charge is 2.43. The molecule has 0 fully saturated rings. The smallest absolute Gasteiger partial charge is 0.291 e. The van der Waals surface area contributed by atoms with Crippen molar-refractivity contribution in [2.24, 2.45) is 0 Å². The number of aryl methyl sites for hydroxylation is 2. The molecule has 6 heteroatoms. The number of hydrogen-bond donors (Lipinski definition) is 0. The van der Waals surface area contributed by atoms with Crippen LogP contribution >= 0.6 is 0 Å². The molecule has 2 heterocycles. The van der Waals surface area contributed by atoms with Crippen molar-refractivity contribution in [1.29, 1.82) is 0 Å². The Morgan fingerprint density at radius 1 is 0.971 bits per heavy atom. The van der Waals surface area contributed by atoms with Gasteiger partial charge >= 0.3 is 0 Å². The van der Waals surface area contributed by atoms with Gasteiger partial charge in [-0.05, 0) is 73.4 Å². The van der Waals surface area contributed by atoms with Crippen molar-refractivity contribution in [1.82, 2.24) is 4.90 Å². The minimum atomic E-state index is -0.596. The van der Waals surface area contributed by atoms with Gasteiger partial charge < -0.3 is 18.8 Å². The predicted molar refractivity (Wildman–Crippen MR) is 134 cm³/mol. The second kappa shape index (κ2) is 8.95. The van der Waals surface area contributed by atoms with Gasteiger partial charge in [0.2, 0.25) is 5.76 Å². The van der Waals surface area contributed by atoms with Crippen molar-refractivity contribution >= 4 is 16.9 Å². The zero-order valence-corrected chi connectivity index (χ0v) is 20.3. The van der Waals surface area contributed by atoms with Crippen LogP contribution in [0.2, 0.25) is 0 Å². The Balaban J connectivity index is 1.71. The monoisotopic (exact) mass is 469 g/mol. The summed E-state index contributed by atoms with van der Waals surface area (Å²) in [5, 5.41) is 0.492. The molecule has 1 unspecified atom stereocenters. The van der Waals surface area contributed by atoms with Gasteiger partial charge in [0.1, 0.15) is 17.1 Å². The van der Waals surface area contributed by atoms with Gasteiger partial charge in [-0.2, -0.15) is 0 Å². The second-order valence-corrected chi connectivity index (χ2v) is 8.82. The fraction of sp³-hybridized carbons (Fsp3) is 0.241. The molecular formula is C29H27NO5. The fourth-order valence-corrected chi connectivity index (χ4v) is 4.85. The average molecular weight is 470 g/mol. The number of nitrogens with zero attached hydrogens (tertiary/aromatic N) is 1. The molecular weight excluding hydrogens is 442 g/mol. The molecule has 1 aliphatic rings. The summed E-state index contributed by atoms with van der Waals surface area (Å²) in [7, 11) is 1.61. The molecule has 0 radical (unpaired) electrons. The first kappa shape index (κ1) is 22.7. The Kier molecular flexibility index (Phi) is 5.81. The highest BCUT2D eigenvalue weighted by molar-refractivity contribution is 5.99. The summed E-state index contributed by atoms with van der Waals surface area (Å²) in [6.45, 7) is 6.59. The van der Waals surface area contributed by atoms with E-state index in [1.54, 1.807) is 12.0 Å². The highest BCUT2D eigenvalue weighted by Crippen LogP contribution is 2.40. The minimum Gasteiger partial charge on any atom is -0.497 e. The number of ether oxygens (including phenoxy) is 2. The van der Waals surface area contributed by atoms with Crippen LogP contribution in [0.4, 0.5) is 0 Å². The largest absolute Gasteiger partial charge is 0.497 e. The van der Waals surface area contributed by atoms with Crippen LogP contribution in [0, 0.1) is 13.8 Å². The lowest BCUT2D eigenvalue weighted by Crippen LogP contribution is -2.29. The third kappa shape index (κ3) is 3.95. The molecule has 3 aromatic carbocycles. The van der Waals surface area contributed by atoms with Crippen LogP contribution in [0.3, 0.4) is 0 Å². The van der Waals surface area contributed by atoms with Crippen LogP contribution in [0.1, 0.15) is 51.3 Å². The summed E-state index contributed by atoms with van der Waals surface area (Å²) in [4.78, 5) is 29.3. The Morgan fingerprint density at radius 2 is 1.74 bits per heavy atom. The Labute approximate surface area is 203 Å².